The molecule has 2 bridgehead atoms. The van der Waals surface area contributed by atoms with Gasteiger partial charge in [-0.25, -0.2) is 0 Å². The van der Waals surface area contributed by atoms with Crippen LogP contribution in [0, 0.1) is 11.8 Å². The van der Waals surface area contributed by atoms with Crippen LogP contribution in [0.25, 0.3) is 0 Å². The molecule has 1 amide bonds. The van der Waals surface area contributed by atoms with Gasteiger partial charge in [-0.1, -0.05) is 54.7 Å². The SMILES string of the molecule is CC(C)C(=O)NC(NC(=S)N1C[C@@H]2C[C@@H](C1)c1cccc(=O)n1C2)C(Cl)(Cl)Cl. The van der Waals surface area contributed by atoms with Gasteiger partial charge in [0, 0.05) is 43.2 Å². The number of carbonyl (C=O) groups excluding carboxylic acids is 1. The molecule has 0 saturated carbocycles. The maximum absolute atomic E-state index is 12.2. The molecule has 2 N–H and O–H groups in total. The highest BCUT2D eigenvalue weighted by atomic mass is 35.6. The molecule has 1 saturated heterocycles. The molecule has 2 aliphatic heterocycles. The largest absolute Gasteiger partial charge is 0.348 e. The maximum atomic E-state index is 12.2. The summed E-state index contributed by atoms with van der Waals surface area (Å²) in [6, 6.07) is 5.39. The van der Waals surface area contributed by atoms with Crippen LogP contribution in [0.3, 0.4) is 0 Å². The third-order valence-electron chi connectivity index (χ3n) is 5.17. The second-order valence-corrected chi connectivity index (χ2v) is 10.4. The molecule has 10 heteroatoms. The molecular formula is C18H23Cl3N4O2S. The van der Waals surface area contributed by atoms with Gasteiger partial charge in [0.05, 0.1) is 0 Å². The zero-order valence-corrected chi connectivity index (χ0v) is 18.7. The molecule has 1 unspecified atom stereocenters. The lowest BCUT2D eigenvalue weighted by molar-refractivity contribution is -0.124. The van der Waals surface area contributed by atoms with Crippen molar-refractivity contribution < 1.29 is 4.79 Å². The third kappa shape index (κ3) is 4.75. The number of thiocarbonyl (C=S) groups is 1. The van der Waals surface area contributed by atoms with Gasteiger partial charge < -0.3 is 20.1 Å². The summed E-state index contributed by atoms with van der Waals surface area (Å²) in [4.78, 5) is 26.2. The standard InChI is InChI=1S/C18H23Cl3N4O2S/c1-10(2)15(27)22-16(18(19,20)21)23-17(28)24-7-11-6-12(9-24)13-4-3-5-14(26)25(13)8-11/h3-5,10-12,16H,6-9H2,1-2H3,(H,22,27)(H,23,28)/t11-,12-,16?/m0/s1. The van der Waals surface area contributed by atoms with E-state index in [1.807, 2.05) is 15.5 Å². The molecule has 0 radical (unpaired) electrons. The first-order chi connectivity index (χ1) is 13.1. The summed E-state index contributed by atoms with van der Waals surface area (Å²) in [7, 11) is 0. The van der Waals surface area contributed by atoms with Crippen LogP contribution >= 0.6 is 47.0 Å². The molecule has 1 aromatic rings. The number of nitrogens with zero attached hydrogens (tertiary/aromatic N) is 2. The lowest BCUT2D eigenvalue weighted by Crippen LogP contribution is -2.60. The lowest BCUT2D eigenvalue weighted by Gasteiger charge is -2.44. The van der Waals surface area contributed by atoms with E-state index >= 15 is 0 Å². The Bertz CT molecular complexity index is 824. The monoisotopic (exact) mass is 464 g/mol. The van der Waals surface area contributed by atoms with Crippen LogP contribution < -0.4 is 16.2 Å². The first kappa shape index (κ1) is 21.7. The highest BCUT2D eigenvalue weighted by molar-refractivity contribution is 7.80. The predicted octanol–water partition coefficient (Wildman–Crippen LogP) is 2.61. The van der Waals surface area contributed by atoms with Crippen molar-refractivity contribution in [1.82, 2.24) is 20.1 Å². The van der Waals surface area contributed by atoms with Crippen LogP contribution in [0.4, 0.5) is 0 Å². The first-order valence-electron chi connectivity index (χ1n) is 9.18. The van der Waals surface area contributed by atoms with Crippen LogP contribution in [-0.4, -0.2) is 43.5 Å². The molecule has 0 spiro atoms. The van der Waals surface area contributed by atoms with E-state index in [1.165, 1.54) is 0 Å². The number of hydrogen-bond donors (Lipinski definition) is 2. The number of likely N-dealkylation sites (tertiary alicyclic amines) is 1. The van der Waals surface area contributed by atoms with Gasteiger partial charge in [-0.3, -0.25) is 9.59 Å². The Balaban J connectivity index is 1.73. The Morgan fingerprint density at radius 1 is 1.21 bits per heavy atom. The summed E-state index contributed by atoms with van der Waals surface area (Å²) < 4.78 is 0.0970. The van der Waals surface area contributed by atoms with Crippen molar-refractivity contribution in [2.45, 2.75) is 42.7 Å². The van der Waals surface area contributed by atoms with Gasteiger partial charge in [-0.15, -0.1) is 0 Å². The average molecular weight is 466 g/mol. The Morgan fingerprint density at radius 2 is 1.93 bits per heavy atom. The molecule has 0 aliphatic carbocycles. The van der Waals surface area contributed by atoms with E-state index in [4.69, 9.17) is 47.0 Å². The van der Waals surface area contributed by atoms with E-state index in [0.29, 0.717) is 30.7 Å². The number of rotatable bonds is 3. The van der Waals surface area contributed by atoms with Gasteiger partial charge in [0.25, 0.3) is 5.56 Å². The summed E-state index contributed by atoms with van der Waals surface area (Å²) in [6.07, 6.45) is 0.0668. The summed E-state index contributed by atoms with van der Waals surface area (Å²) in [5.74, 6) is 0.0185. The fourth-order valence-electron chi connectivity index (χ4n) is 3.79. The Morgan fingerprint density at radius 3 is 2.57 bits per heavy atom. The summed E-state index contributed by atoms with van der Waals surface area (Å²) in [5.41, 5.74) is 1.07. The van der Waals surface area contributed by atoms with Gasteiger partial charge in [0.1, 0.15) is 6.17 Å². The third-order valence-corrected chi connectivity index (χ3v) is 6.20. The minimum atomic E-state index is -1.76. The normalized spacial score (nSPS) is 22.4. The van der Waals surface area contributed by atoms with E-state index in [1.54, 1.807) is 26.0 Å². The summed E-state index contributed by atoms with van der Waals surface area (Å²) >= 11 is 23.7. The van der Waals surface area contributed by atoms with E-state index < -0.39 is 9.96 Å². The number of amides is 1. The van der Waals surface area contributed by atoms with E-state index in [0.717, 1.165) is 12.1 Å². The van der Waals surface area contributed by atoms with Crippen LogP contribution in [-0.2, 0) is 11.3 Å². The Kier molecular flexibility index (Phi) is 6.49. The number of carbonyl (C=O) groups is 1. The topological polar surface area (TPSA) is 66.4 Å². The lowest BCUT2D eigenvalue weighted by atomic mass is 9.83. The molecule has 0 aromatic carbocycles. The predicted molar refractivity (Wildman–Crippen MR) is 116 cm³/mol. The van der Waals surface area contributed by atoms with Gasteiger partial charge in [-0.2, -0.15) is 0 Å². The highest BCUT2D eigenvalue weighted by Crippen LogP contribution is 2.35. The van der Waals surface area contributed by atoms with Crippen molar-refractivity contribution in [3.8, 4) is 0 Å². The second-order valence-electron chi connectivity index (χ2n) is 7.69. The van der Waals surface area contributed by atoms with E-state index in [9.17, 15) is 9.59 Å². The molecule has 2 aliphatic rings. The Hall–Kier alpha value is -1.02. The number of pyridine rings is 1. The number of halogens is 3. The second kappa shape index (κ2) is 8.38. The maximum Gasteiger partial charge on any atom is 0.250 e. The number of piperidine rings is 1. The number of nitrogens with one attached hydrogen (secondary N) is 2. The fourth-order valence-corrected chi connectivity index (χ4v) is 4.38. The molecule has 6 nitrogen and oxygen atoms in total. The van der Waals surface area contributed by atoms with Gasteiger partial charge in [0.15, 0.2) is 5.11 Å². The number of fused-ring (bicyclic) bond motifs is 4. The van der Waals surface area contributed by atoms with Crippen molar-refractivity contribution in [2.75, 3.05) is 13.1 Å². The van der Waals surface area contributed by atoms with Gasteiger partial charge in [-0.05, 0) is 30.6 Å². The molecule has 3 rings (SSSR count). The van der Waals surface area contributed by atoms with Crippen molar-refractivity contribution >= 4 is 58.0 Å². The first-order valence-corrected chi connectivity index (χ1v) is 10.7. The van der Waals surface area contributed by atoms with Gasteiger partial charge in [0.2, 0.25) is 9.70 Å². The van der Waals surface area contributed by atoms with Crippen molar-refractivity contribution in [1.29, 1.82) is 0 Å². The van der Waals surface area contributed by atoms with Crippen molar-refractivity contribution in [3.63, 3.8) is 0 Å². The van der Waals surface area contributed by atoms with Crippen molar-refractivity contribution in [2.24, 2.45) is 11.8 Å². The number of alkyl halides is 3. The Labute approximate surface area is 184 Å². The molecule has 28 heavy (non-hydrogen) atoms. The average Bonchev–Trinajstić information content (AvgIpc) is 2.61. The van der Waals surface area contributed by atoms with Crippen LogP contribution in [0.2, 0.25) is 0 Å². The van der Waals surface area contributed by atoms with Crippen LogP contribution in [0.1, 0.15) is 31.9 Å². The molecular weight excluding hydrogens is 443 g/mol. The van der Waals surface area contributed by atoms with Gasteiger partial charge >= 0.3 is 0 Å². The molecule has 3 atom stereocenters. The minimum absolute atomic E-state index is 0.0361. The zero-order valence-electron chi connectivity index (χ0n) is 15.6. The minimum Gasteiger partial charge on any atom is -0.348 e. The molecule has 1 fully saturated rings. The summed E-state index contributed by atoms with van der Waals surface area (Å²) in [6.45, 7) is 5.55. The molecule has 3 heterocycles. The highest BCUT2D eigenvalue weighted by Gasteiger charge is 2.39. The van der Waals surface area contributed by atoms with Crippen LogP contribution in [0.5, 0.6) is 0 Å². The quantitative estimate of drug-likeness (QED) is 0.408. The molecule has 154 valence electrons. The fraction of sp³-hybridized carbons (Fsp3) is 0.611. The summed E-state index contributed by atoms with van der Waals surface area (Å²) in [5, 5.41) is 6.11. The molecule has 1 aromatic heterocycles. The van der Waals surface area contributed by atoms with Crippen molar-refractivity contribution in [3.05, 3.63) is 34.2 Å². The van der Waals surface area contributed by atoms with E-state index in [2.05, 4.69) is 10.6 Å². The number of hydrogen-bond acceptors (Lipinski definition) is 3. The van der Waals surface area contributed by atoms with E-state index in [-0.39, 0.29) is 23.3 Å². The van der Waals surface area contributed by atoms with Crippen LogP contribution in [0.15, 0.2) is 23.0 Å². The smallest absolute Gasteiger partial charge is 0.250 e. The number of aromatic nitrogens is 1. The zero-order chi connectivity index (χ0) is 20.6.